The maximum atomic E-state index is 12.6. The molecule has 2 N–H and O–H groups in total. The first-order valence-corrected chi connectivity index (χ1v) is 10.3. The van der Waals surface area contributed by atoms with Gasteiger partial charge in [0.15, 0.2) is 5.76 Å². The molecule has 1 aliphatic heterocycles. The van der Waals surface area contributed by atoms with E-state index >= 15 is 0 Å². The standard InChI is InChI=1S/C22H24N2O2S/c1-15-16(2)27-22(23-21(25)18-11-8-14-26-18)19(15)20(24-12-6-7-13-24)17-9-4-3-5-10-17/h3-5,8-11,14,20H,6-7,12-13H2,1-2H3,(H,23,25)/p+1/t20-/m0/s1. The van der Waals surface area contributed by atoms with E-state index in [0.29, 0.717) is 5.76 Å². The summed E-state index contributed by atoms with van der Waals surface area (Å²) < 4.78 is 5.28. The largest absolute Gasteiger partial charge is 0.459 e. The zero-order valence-electron chi connectivity index (χ0n) is 15.7. The second kappa shape index (κ2) is 7.71. The van der Waals surface area contributed by atoms with E-state index in [1.165, 1.54) is 53.8 Å². The number of hydrogen-bond donors (Lipinski definition) is 2. The van der Waals surface area contributed by atoms with Crippen LogP contribution in [0.15, 0.2) is 53.1 Å². The molecule has 3 aromatic rings. The van der Waals surface area contributed by atoms with Crippen molar-refractivity contribution in [2.75, 3.05) is 18.4 Å². The van der Waals surface area contributed by atoms with Gasteiger partial charge in [-0.3, -0.25) is 4.79 Å². The highest BCUT2D eigenvalue weighted by atomic mass is 32.1. The van der Waals surface area contributed by atoms with Gasteiger partial charge in [0.05, 0.1) is 24.9 Å². The van der Waals surface area contributed by atoms with E-state index in [4.69, 9.17) is 4.42 Å². The van der Waals surface area contributed by atoms with Crippen molar-refractivity contribution in [3.8, 4) is 0 Å². The molecule has 1 saturated heterocycles. The number of furan rings is 1. The van der Waals surface area contributed by atoms with Crippen LogP contribution in [0.3, 0.4) is 0 Å². The third kappa shape index (κ3) is 3.57. The number of likely N-dealkylation sites (tertiary alicyclic amines) is 1. The van der Waals surface area contributed by atoms with E-state index in [1.54, 1.807) is 28.4 Å². The Morgan fingerprint density at radius 3 is 2.52 bits per heavy atom. The van der Waals surface area contributed by atoms with Crippen molar-refractivity contribution in [2.24, 2.45) is 0 Å². The topological polar surface area (TPSA) is 46.7 Å². The van der Waals surface area contributed by atoms with Crippen LogP contribution in [0.2, 0.25) is 0 Å². The first-order chi connectivity index (χ1) is 13.1. The first-order valence-electron chi connectivity index (χ1n) is 9.49. The summed E-state index contributed by atoms with van der Waals surface area (Å²) >= 11 is 1.66. The van der Waals surface area contributed by atoms with Crippen LogP contribution in [-0.2, 0) is 0 Å². The number of hydrogen-bond acceptors (Lipinski definition) is 3. The van der Waals surface area contributed by atoms with E-state index in [1.807, 2.05) is 0 Å². The summed E-state index contributed by atoms with van der Waals surface area (Å²) in [6.07, 6.45) is 4.05. The lowest BCUT2D eigenvalue weighted by atomic mass is 9.95. The van der Waals surface area contributed by atoms with Crippen LogP contribution in [0.1, 0.15) is 51.0 Å². The van der Waals surface area contributed by atoms with Gasteiger partial charge >= 0.3 is 0 Å². The lowest BCUT2D eigenvalue weighted by Crippen LogP contribution is -3.10. The molecule has 0 unspecified atom stereocenters. The molecule has 0 radical (unpaired) electrons. The smallest absolute Gasteiger partial charge is 0.291 e. The van der Waals surface area contributed by atoms with Crippen LogP contribution in [-0.4, -0.2) is 19.0 Å². The van der Waals surface area contributed by atoms with Gasteiger partial charge in [-0.25, -0.2) is 0 Å². The van der Waals surface area contributed by atoms with Gasteiger partial charge < -0.3 is 14.6 Å². The van der Waals surface area contributed by atoms with E-state index in [2.05, 4.69) is 49.5 Å². The average molecular weight is 382 g/mol. The Kier molecular flexibility index (Phi) is 5.14. The molecule has 1 aliphatic rings. The molecule has 4 rings (SSSR count). The summed E-state index contributed by atoms with van der Waals surface area (Å²) in [6, 6.07) is 14.4. The van der Waals surface area contributed by atoms with Gasteiger partial charge in [-0.15, -0.1) is 11.3 Å². The molecule has 0 aliphatic carbocycles. The van der Waals surface area contributed by atoms with E-state index in [-0.39, 0.29) is 11.9 Å². The molecule has 2 aromatic heterocycles. The number of nitrogens with one attached hydrogen (secondary N) is 2. The molecule has 1 atom stereocenters. The first kappa shape index (κ1) is 18.0. The molecular formula is C22H25N2O2S+. The Labute approximate surface area is 163 Å². The van der Waals surface area contributed by atoms with E-state index in [0.717, 1.165) is 5.00 Å². The summed E-state index contributed by atoms with van der Waals surface area (Å²) in [5, 5.41) is 4.06. The number of rotatable bonds is 5. The molecule has 0 spiro atoms. The molecule has 1 aromatic carbocycles. The van der Waals surface area contributed by atoms with Crippen molar-refractivity contribution in [3.05, 3.63) is 76.1 Å². The van der Waals surface area contributed by atoms with Crippen molar-refractivity contribution in [1.29, 1.82) is 0 Å². The fraction of sp³-hybridized carbons (Fsp3) is 0.318. The zero-order valence-corrected chi connectivity index (χ0v) is 16.6. The van der Waals surface area contributed by atoms with Crippen molar-refractivity contribution in [3.63, 3.8) is 0 Å². The second-order valence-corrected chi connectivity index (χ2v) is 8.39. The molecule has 1 fully saturated rings. The predicted molar refractivity (Wildman–Crippen MR) is 109 cm³/mol. The van der Waals surface area contributed by atoms with Crippen LogP contribution >= 0.6 is 11.3 Å². The third-order valence-corrected chi connectivity index (χ3v) is 6.62. The fourth-order valence-corrected chi connectivity index (χ4v) is 5.12. The van der Waals surface area contributed by atoms with Gasteiger partial charge in [0.2, 0.25) is 0 Å². The molecule has 0 bridgehead atoms. The second-order valence-electron chi connectivity index (χ2n) is 7.17. The SMILES string of the molecule is Cc1sc(NC(=O)c2ccco2)c([C@H](c2ccccc2)[NH+]2CCCC2)c1C. The average Bonchev–Trinajstić information content (AvgIpc) is 3.42. The predicted octanol–water partition coefficient (Wildman–Crippen LogP) is 3.98. The van der Waals surface area contributed by atoms with Crippen molar-refractivity contribution >= 4 is 22.2 Å². The molecule has 140 valence electrons. The summed E-state index contributed by atoms with van der Waals surface area (Å²) in [7, 11) is 0. The van der Waals surface area contributed by atoms with E-state index < -0.39 is 0 Å². The molecule has 3 heterocycles. The minimum atomic E-state index is -0.189. The van der Waals surface area contributed by atoms with Gasteiger partial charge in [0.25, 0.3) is 5.91 Å². The van der Waals surface area contributed by atoms with Crippen LogP contribution in [0.4, 0.5) is 5.00 Å². The van der Waals surface area contributed by atoms with Crippen LogP contribution in [0.5, 0.6) is 0 Å². The highest BCUT2D eigenvalue weighted by Crippen LogP contribution is 2.38. The highest BCUT2D eigenvalue weighted by Gasteiger charge is 2.34. The number of thiophene rings is 1. The molecule has 1 amide bonds. The summed E-state index contributed by atoms with van der Waals surface area (Å²) in [5.41, 5.74) is 3.84. The van der Waals surface area contributed by atoms with Gasteiger partial charge in [0.1, 0.15) is 11.0 Å². The summed E-state index contributed by atoms with van der Waals surface area (Å²) in [6.45, 7) is 6.64. The van der Waals surface area contributed by atoms with Gasteiger partial charge in [-0.2, -0.15) is 0 Å². The zero-order chi connectivity index (χ0) is 18.8. The minimum absolute atomic E-state index is 0.189. The summed E-state index contributed by atoms with van der Waals surface area (Å²) in [5.74, 6) is 0.153. The number of benzene rings is 1. The lowest BCUT2D eigenvalue weighted by molar-refractivity contribution is -0.913. The monoisotopic (exact) mass is 381 g/mol. The van der Waals surface area contributed by atoms with Crippen molar-refractivity contribution in [1.82, 2.24) is 0 Å². The number of carbonyl (C=O) groups is 1. The van der Waals surface area contributed by atoms with Gasteiger partial charge in [-0.1, -0.05) is 30.3 Å². The maximum absolute atomic E-state index is 12.6. The number of anilines is 1. The summed E-state index contributed by atoms with van der Waals surface area (Å²) in [4.78, 5) is 15.5. The maximum Gasteiger partial charge on any atom is 0.291 e. The molecule has 0 saturated carbocycles. The number of aryl methyl sites for hydroxylation is 1. The lowest BCUT2D eigenvalue weighted by Gasteiger charge is -2.26. The minimum Gasteiger partial charge on any atom is -0.459 e. The normalized spacial score (nSPS) is 15.8. The fourth-order valence-electron chi connectivity index (χ4n) is 4.03. The van der Waals surface area contributed by atoms with Gasteiger partial charge in [-0.05, 0) is 31.5 Å². The molecule has 27 heavy (non-hydrogen) atoms. The van der Waals surface area contributed by atoms with Gasteiger partial charge in [0, 0.05) is 23.3 Å². The van der Waals surface area contributed by atoms with Crippen LogP contribution in [0.25, 0.3) is 0 Å². The number of quaternary nitrogens is 1. The quantitative estimate of drug-likeness (QED) is 0.702. The van der Waals surface area contributed by atoms with E-state index in [9.17, 15) is 4.79 Å². The molecule has 5 heteroatoms. The Balaban J connectivity index is 1.76. The molecular weight excluding hydrogens is 356 g/mol. The Hall–Kier alpha value is -2.37. The number of amides is 1. The van der Waals surface area contributed by atoms with Crippen LogP contribution in [0, 0.1) is 13.8 Å². The highest BCUT2D eigenvalue weighted by molar-refractivity contribution is 7.16. The molecule has 4 nitrogen and oxygen atoms in total. The third-order valence-electron chi connectivity index (χ3n) is 5.48. The van der Waals surface area contributed by atoms with Crippen molar-refractivity contribution in [2.45, 2.75) is 32.7 Å². The van der Waals surface area contributed by atoms with Crippen LogP contribution < -0.4 is 10.2 Å². The Morgan fingerprint density at radius 2 is 1.85 bits per heavy atom. The Morgan fingerprint density at radius 1 is 1.11 bits per heavy atom. The Bertz CT molecular complexity index is 909. The van der Waals surface area contributed by atoms with Crippen molar-refractivity contribution < 1.29 is 14.1 Å². The number of carbonyl (C=O) groups excluding carboxylic acids is 1.